The number of benzene rings is 1. The zero-order valence-corrected chi connectivity index (χ0v) is 16.7. The van der Waals surface area contributed by atoms with Gasteiger partial charge >= 0.3 is 6.09 Å². The lowest BCUT2D eigenvalue weighted by Crippen LogP contribution is -2.44. The molecule has 2 rings (SSSR count). The van der Waals surface area contributed by atoms with Gasteiger partial charge in [0, 0.05) is 24.2 Å². The molecule has 0 bridgehead atoms. The fourth-order valence-corrected chi connectivity index (χ4v) is 3.35. The third-order valence-corrected chi connectivity index (χ3v) is 4.72. The number of carbonyl (C=O) groups is 2. The first kappa shape index (κ1) is 20.5. The van der Waals surface area contributed by atoms with Gasteiger partial charge in [-0.2, -0.15) is 0 Å². The first-order valence-electron chi connectivity index (χ1n) is 8.85. The summed E-state index contributed by atoms with van der Waals surface area (Å²) in [5.41, 5.74) is 6.08. The molecule has 1 aromatic carbocycles. The Morgan fingerprint density at radius 1 is 1.35 bits per heavy atom. The molecule has 0 aliphatic carbocycles. The SMILES string of the molecule is CN(CC[C@]1(CCCN)NC(=O)c2ccc(Cl)cc21)C(=O)OC(C)(C)C. The summed E-state index contributed by atoms with van der Waals surface area (Å²) in [5.74, 6) is -0.117. The van der Waals surface area contributed by atoms with Crippen LogP contribution in [0.1, 0.15) is 56.0 Å². The molecule has 2 amide bonds. The molecule has 3 N–H and O–H groups in total. The fourth-order valence-electron chi connectivity index (χ4n) is 3.18. The average molecular weight is 382 g/mol. The van der Waals surface area contributed by atoms with Gasteiger partial charge in [-0.1, -0.05) is 11.6 Å². The minimum atomic E-state index is -0.576. The summed E-state index contributed by atoms with van der Waals surface area (Å²) in [7, 11) is 1.69. The molecule has 7 heteroatoms. The normalized spacial score (nSPS) is 19.1. The highest BCUT2D eigenvalue weighted by Gasteiger charge is 2.42. The van der Waals surface area contributed by atoms with Crippen LogP contribution in [0.25, 0.3) is 0 Å². The van der Waals surface area contributed by atoms with E-state index >= 15 is 0 Å². The Morgan fingerprint density at radius 2 is 2.04 bits per heavy atom. The Balaban J connectivity index is 2.20. The van der Waals surface area contributed by atoms with Crippen molar-refractivity contribution in [3.05, 3.63) is 34.3 Å². The Morgan fingerprint density at radius 3 is 2.65 bits per heavy atom. The molecule has 0 fully saturated rings. The highest BCUT2D eigenvalue weighted by atomic mass is 35.5. The summed E-state index contributed by atoms with van der Waals surface area (Å²) in [6.07, 6.45) is 1.61. The van der Waals surface area contributed by atoms with Crippen LogP contribution in [0.4, 0.5) is 4.79 Å². The van der Waals surface area contributed by atoms with Crippen molar-refractivity contribution in [1.29, 1.82) is 0 Å². The molecule has 0 aromatic heterocycles. The molecule has 1 aliphatic rings. The second-order valence-electron chi connectivity index (χ2n) is 7.77. The lowest BCUT2D eigenvalue weighted by atomic mass is 9.83. The van der Waals surface area contributed by atoms with Crippen molar-refractivity contribution in [1.82, 2.24) is 10.2 Å². The van der Waals surface area contributed by atoms with Crippen LogP contribution < -0.4 is 11.1 Å². The molecule has 0 spiro atoms. The van der Waals surface area contributed by atoms with Gasteiger partial charge in [-0.3, -0.25) is 4.79 Å². The molecule has 26 heavy (non-hydrogen) atoms. The van der Waals surface area contributed by atoms with Gasteiger partial charge in [-0.15, -0.1) is 0 Å². The lowest BCUT2D eigenvalue weighted by Gasteiger charge is -2.33. The van der Waals surface area contributed by atoms with E-state index in [1.165, 1.54) is 4.90 Å². The molecule has 1 aromatic rings. The van der Waals surface area contributed by atoms with E-state index in [4.69, 9.17) is 22.1 Å². The minimum absolute atomic E-state index is 0.117. The summed E-state index contributed by atoms with van der Waals surface area (Å²) in [6, 6.07) is 5.29. The third-order valence-electron chi connectivity index (χ3n) is 4.48. The number of hydrogen-bond acceptors (Lipinski definition) is 4. The van der Waals surface area contributed by atoms with Crippen molar-refractivity contribution in [3.8, 4) is 0 Å². The molecule has 144 valence electrons. The van der Waals surface area contributed by atoms with Crippen LogP contribution in [0.5, 0.6) is 0 Å². The predicted octanol–water partition coefficient (Wildman–Crippen LogP) is 3.27. The Labute approximate surface area is 160 Å². The third kappa shape index (κ3) is 4.68. The van der Waals surface area contributed by atoms with Crippen LogP contribution in [0.2, 0.25) is 5.02 Å². The largest absolute Gasteiger partial charge is 0.444 e. The monoisotopic (exact) mass is 381 g/mol. The van der Waals surface area contributed by atoms with Crippen LogP contribution in [0.3, 0.4) is 0 Å². The van der Waals surface area contributed by atoms with Gasteiger partial charge in [0.25, 0.3) is 5.91 Å². The van der Waals surface area contributed by atoms with Gasteiger partial charge in [0.2, 0.25) is 0 Å². The van der Waals surface area contributed by atoms with E-state index in [1.54, 1.807) is 19.2 Å². The van der Waals surface area contributed by atoms with Gasteiger partial charge in [0.05, 0.1) is 5.54 Å². The van der Waals surface area contributed by atoms with Crippen LogP contribution in [0, 0.1) is 0 Å². The Kier molecular flexibility index (Phi) is 6.19. The Hall–Kier alpha value is -1.79. The molecule has 0 radical (unpaired) electrons. The first-order chi connectivity index (χ1) is 12.1. The number of nitrogens with two attached hydrogens (primary N) is 1. The molecule has 1 aliphatic heterocycles. The maximum absolute atomic E-state index is 12.4. The van der Waals surface area contributed by atoms with Crippen LogP contribution in [0.15, 0.2) is 18.2 Å². The molecule has 0 saturated carbocycles. The van der Waals surface area contributed by atoms with E-state index in [-0.39, 0.29) is 12.0 Å². The van der Waals surface area contributed by atoms with E-state index in [2.05, 4.69) is 5.32 Å². The number of nitrogens with one attached hydrogen (secondary N) is 1. The quantitative estimate of drug-likeness (QED) is 0.791. The van der Waals surface area contributed by atoms with E-state index in [0.29, 0.717) is 36.5 Å². The standard InChI is InChI=1S/C19H28ClN3O3/c1-18(2,3)26-17(25)23(4)11-9-19(8-5-10-21)15-12-13(20)6-7-14(15)16(24)22-19/h6-7,12H,5,8-11,21H2,1-4H3,(H,22,24)/t19-/m0/s1. The zero-order chi connectivity index (χ0) is 19.5. The lowest BCUT2D eigenvalue weighted by molar-refractivity contribution is 0.0283. The van der Waals surface area contributed by atoms with Crippen molar-refractivity contribution >= 4 is 23.6 Å². The summed E-state index contributed by atoms with van der Waals surface area (Å²) >= 11 is 6.17. The molecular weight excluding hydrogens is 354 g/mol. The smallest absolute Gasteiger partial charge is 0.410 e. The van der Waals surface area contributed by atoms with Gasteiger partial charge < -0.3 is 20.7 Å². The number of fused-ring (bicyclic) bond motifs is 1. The predicted molar refractivity (Wildman–Crippen MR) is 102 cm³/mol. The second-order valence-corrected chi connectivity index (χ2v) is 8.21. The topological polar surface area (TPSA) is 84.7 Å². The van der Waals surface area contributed by atoms with E-state index < -0.39 is 11.1 Å². The van der Waals surface area contributed by atoms with Crippen LogP contribution >= 0.6 is 11.6 Å². The molecule has 6 nitrogen and oxygen atoms in total. The average Bonchev–Trinajstić information content (AvgIpc) is 2.81. The van der Waals surface area contributed by atoms with E-state index in [9.17, 15) is 9.59 Å². The minimum Gasteiger partial charge on any atom is -0.444 e. The Bertz CT molecular complexity index is 687. The van der Waals surface area contributed by atoms with Gasteiger partial charge in [-0.05, 0) is 70.3 Å². The number of carbonyl (C=O) groups excluding carboxylic acids is 2. The maximum atomic E-state index is 12.4. The summed E-state index contributed by atoms with van der Waals surface area (Å²) in [5, 5.41) is 3.69. The highest BCUT2D eigenvalue weighted by molar-refractivity contribution is 6.30. The number of amides is 2. The molecule has 1 atom stereocenters. The zero-order valence-electron chi connectivity index (χ0n) is 15.9. The van der Waals surface area contributed by atoms with E-state index in [0.717, 1.165) is 12.0 Å². The number of ether oxygens (including phenoxy) is 1. The van der Waals surface area contributed by atoms with Crippen molar-refractivity contribution in [2.45, 2.75) is 51.2 Å². The van der Waals surface area contributed by atoms with Crippen molar-refractivity contribution in [2.24, 2.45) is 5.73 Å². The summed E-state index contributed by atoms with van der Waals surface area (Å²) in [6.45, 7) is 6.45. The van der Waals surface area contributed by atoms with Crippen molar-refractivity contribution < 1.29 is 14.3 Å². The fraction of sp³-hybridized carbons (Fsp3) is 0.579. The number of hydrogen-bond donors (Lipinski definition) is 2. The summed E-state index contributed by atoms with van der Waals surface area (Å²) in [4.78, 5) is 26.2. The van der Waals surface area contributed by atoms with Crippen molar-refractivity contribution in [3.63, 3.8) is 0 Å². The van der Waals surface area contributed by atoms with Crippen molar-refractivity contribution in [2.75, 3.05) is 20.1 Å². The van der Waals surface area contributed by atoms with E-state index in [1.807, 2.05) is 26.8 Å². The van der Waals surface area contributed by atoms with Gasteiger partial charge in [0.1, 0.15) is 5.60 Å². The maximum Gasteiger partial charge on any atom is 0.410 e. The molecular formula is C19H28ClN3O3. The molecule has 0 unspecified atom stereocenters. The second kappa shape index (κ2) is 7.84. The van der Waals surface area contributed by atoms with Crippen LogP contribution in [-0.2, 0) is 10.3 Å². The molecule has 1 heterocycles. The van der Waals surface area contributed by atoms with Crippen LogP contribution in [-0.4, -0.2) is 42.6 Å². The van der Waals surface area contributed by atoms with Gasteiger partial charge in [-0.25, -0.2) is 4.79 Å². The summed E-state index contributed by atoms with van der Waals surface area (Å²) < 4.78 is 5.40. The number of rotatable bonds is 6. The number of halogens is 1. The highest BCUT2D eigenvalue weighted by Crippen LogP contribution is 2.39. The molecule has 0 saturated heterocycles. The van der Waals surface area contributed by atoms with Gasteiger partial charge in [0.15, 0.2) is 0 Å². The number of nitrogens with zero attached hydrogens (tertiary/aromatic N) is 1. The first-order valence-corrected chi connectivity index (χ1v) is 9.22.